The Bertz CT molecular complexity index is 645. The fourth-order valence-corrected chi connectivity index (χ4v) is 2.95. The van der Waals surface area contributed by atoms with Gasteiger partial charge in [0.1, 0.15) is 5.82 Å². The van der Waals surface area contributed by atoms with Crippen molar-refractivity contribution in [2.45, 2.75) is 25.4 Å². The highest BCUT2D eigenvalue weighted by molar-refractivity contribution is 5.75. The number of hydrogen-bond donors (Lipinski definition) is 1. The number of nitrogens with one attached hydrogen (secondary N) is 1. The summed E-state index contributed by atoms with van der Waals surface area (Å²) in [6, 6.07) is 16.2. The first-order valence-electron chi connectivity index (χ1n) is 7.58. The summed E-state index contributed by atoms with van der Waals surface area (Å²) in [5, 5.41) is 2.95. The van der Waals surface area contributed by atoms with Crippen molar-refractivity contribution >= 4 is 6.03 Å². The Labute approximate surface area is 129 Å². The molecule has 2 amide bonds. The van der Waals surface area contributed by atoms with Crippen molar-refractivity contribution in [1.82, 2.24) is 10.2 Å². The molecule has 0 unspecified atom stereocenters. The van der Waals surface area contributed by atoms with E-state index in [2.05, 4.69) is 5.32 Å². The van der Waals surface area contributed by atoms with Crippen LogP contribution in [0.15, 0.2) is 54.6 Å². The number of rotatable bonds is 3. The molecular formula is C18H19FN2O. The lowest BCUT2D eigenvalue weighted by Gasteiger charge is -2.25. The Morgan fingerprint density at radius 2 is 2.00 bits per heavy atom. The molecule has 114 valence electrons. The minimum Gasteiger partial charge on any atom is -0.334 e. The summed E-state index contributed by atoms with van der Waals surface area (Å²) in [5.41, 5.74) is 1.93. The van der Waals surface area contributed by atoms with Gasteiger partial charge in [-0.25, -0.2) is 9.18 Å². The van der Waals surface area contributed by atoms with Crippen LogP contribution in [0.5, 0.6) is 0 Å². The van der Waals surface area contributed by atoms with E-state index in [0.717, 1.165) is 24.0 Å². The minimum absolute atomic E-state index is 0.0357. The van der Waals surface area contributed by atoms with Crippen LogP contribution in [0, 0.1) is 5.82 Å². The van der Waals surface area contributed by atoms with Gasteiger partial charge in [0.25, 0.3) is 0 Å². The Morgan fingerprint density at radius 1 is 1.18 bits per heavy atom. The second-order valence-electron chi connectivity index (χ2n) is 5.55. The summed E-state index contributed by atoms with van der Waals surface area (Å²) in [4.78, 5) is 14.2. The van der Waals surface area contributed by atoms with Crippen LogP contribution < -0.4 is 5.32 Å². The van der Waals surface area contributed by atoms with Crippen LogP contribution in [0.1, 0.15) is 30.0 Å². The van der Waals surface area contributed by atoms with E-state index < -0.39 is 0 Å². The average molecular weight is 298 g/mol. The van der Waals surface area contributed by atoms with Gasteiger partial charge in [0.05, 0.1) is 6.04 Å². The average Bonchev–Trinajstić information content (AvgIpc) is 3.03. The van der Waals surface area contributed by atoms with Crippen LogP contribution in [-0.4, -0.2) is 17.5 Å². The lowest BCUT2D eigenvalue weighted by atomic mass is 10.0. The van der Waals surface area contributed by atoms with Crippen LogP contribution in [0.25, 0.3) is 0 Å². The van der Waals surface area contributed by atoms with Gasteiger partial charge in [-0.15, -0.1) is 0 Å². The lowest BCUT2D eigenvalue weighted by Crippen LogP contribution is -2.39. The largest absolute Gasteiger partial charge is 0.334 e. The molecule has 1 fully saturated rings. The molecule has 0 aliphatic carbocycles. The van der Waals surface area contributed by atoms with Crippen molar-refractivity contribution < 1.29 is 9.18 Å². The number of urea groups is 1. The number of benzene rings is 2. The predicted octanol–water partition coefficient (Wildman–Crippen LogP) is 3.87. The molecule has 0 saturated carbocycles. The van der Waals surface area contributed by atoms with E-state index in [1.165, 1.54) is 12.1 Å². The SMILES string of the molecule is O=C(NCc1ccccc1)N1CCC[C@@H]1c1cccc(F)c1. The van der Waals surface area contributed by atoms with E-state index in [9.17, 15) is 9.18 Å². The molecule has 3 nitrogen and oxygen atoms in total. The summed E-state index contributed by atoms with van der Waals surface area (Å²) in [5.74, 6) is -0.256. The smallest absolute Gasteiger partial charge is 0.318 e. The van der Waals surface area contributed by atoms with E-state index in [0.29, 0.717) is 13.1 Å². The van der Waals surface area contributed by atoms with Crippen molar-refractivity contribution in [2.24, 2.45) is 0 Å². The highest BCUT2D eigenvalue weighted by atomic mass is 19.1. The van der Waals surface area contributed by atoms with Crippen molar-refractivity contribution in [2.75, 3.05) is 6.54 Å². The van der Waals surface area contributed by atoms with Crippen LogP contribution >= 0.6 is 0 Å². The first-order chi connectivity index (χ1) is 10.7. The fourth-order valence-electron chi connectivity index (χ4n) is 2.95. The van der Waals surface area contributed by atoms with Crippen molar-refractivity contribution in [1.29, 1.82) is 0 Å². The lowest BCUT2D eigenvalue weighted by molar-refractivity contribution is 0.192. The molecule has 1 N–H and O–H groups in total. The number of likely N-dealkylation sites (tertiary alicyclic amines) is 1. The third-order valence-electron chi connectivity index (χ3n) is 4.03. The fraction of sp³-hybridized carbons (Fsp3) is 0.278. The molecule has 1 aliphatic heterocycles. The quantitative estimate of drug-likeness (QED) is 0.916. The second-order valence-corrected chi connectivity index (χ2v) is 5.55. The molecule has 0 bridgehead atoms. The van der Waals surface area contributed by atoms with Crippen LogP contribution in [0.2, 0.25) is 0 Å². The Morgan fingerprint density at radius 3 is 2.77 bits per heavy atom. The Balaban J connectivity index is 1.66. The molecule has 0 aromatic heterocycles. The summed E-state index contributed by atoms with van der Waals surface area (Å²) in [6.07, 6.45) is 1.82. The predicted molar refractivity (Wildman–Crippen MR) is 83.8 cm³/mol. The van der Waals surface area contributed by atoms with Crippen LogP contribution in [0.4, 0.5) is 9.18 Å². The maximum Gasteiger partial charge on any atom is 0.318 e. The zero-order chi connectivity index (χ0) is 15.4. The number of halogens is 1. The zero-order valence-electron chi connectivity index (χ0n) is 12.3. The van der Waals surface area contributed by atoms with Crippen molar-refractivity contribution in [3.63, 3.8) is 0 Å². The number of carbonyl (C=O) groups is 1. The standard InChI is InChI=1S/C18H19FN2O/c19-16-9-4-8-15(12-16)17-10-5-11-21(17)18(22)20-13-14-6-2-1-3-7-14/h1-4,6-9,12,17H,5,10-11,13H2,(H,20,22)/t17-/m1/s1. The third-order valence-corrected chi connectivity index (χ3v) is 4.03. The van der Waals surface area contributed by atoms with Gasteiger partial charge < -0.3 is 10.2 Å². The second kappa shape index (κ2) is 6.60. The first kappa shape index (κ1) is 14.6. The normalized spacial score (nSPS) is 17.5. The molecule has 22 heavy (non-hydrogen) atoms. The highest BCUT2D eigenvalue weighted by Crippen LogP contribution is 2.32. The third kappa shape index (κ3) is 3.27. The van der Waals surface area contributed by atoms with E-state index in [4.69, 9.17) is 0 Å². The molecule has 3 rings (SSSR count). The summed E-state index contributed by atoms with van der Waals surface area (Å²) >= 11 is 0. The molecule has 1 saturated heterocycles. The number of hydrogen-bond acceptors (Lipinski definition) is 1. The summed E-state index contributed by atoms with van der Waals surface area (Å²) < 4.78 is 13.4. The van der Waals surface area contributed by atoms with Gasteiger partial charge >= 0.3 is 6.03 Å². The molecule has 2 aromatic carbocycles. The number of amides is 2. The topological polar surface area (TPSA) is 32.3 Å². The van der Waals surface area contributed by atoms with E-state index >= 15 is 0 Å². The zero-order valence-corrected chi connectivity index (χ0v) is 12.3. The molecule has 1 heterocycles. The minimum atomic E-state index is -0.256. The van der Waals surface area contributed by atoms with Crippen molar-refractivity contribution in [3.8, 4) is 0 Å². The van der Waals surface area contributed by atoms with E-state index in [1.807, 2.05) is 36.4 Å². The maximum atomic E-state index is 13.4. The van der Waals surface area contributed by atoms with Gasteiger partial charge in [-0.2, -0.15) is 0 Å². The highest BCUT2D eigenvalue weighted by Gasteiger charge is 2.29. The van der Waals surface area contributed by atoms with Crippen LogP contribution in [-0.2, 0) is 6.54 Å². The van der Waals surface area contributed by atoms with Gasteiger partial charge in [-0.3, -0.25) is 0 Å². The molecule has 1 aliphatic rings. The molecule has 4 heteroatoms. The van der Waals surface area contributed by atoms with Gasteiger partial charge in [-0.05, 0) is 36.1 Å². The summed E-state index contributed by atoms with van der Waals surface area (Å²) in [7, 11) is 0. The maximum absolute atomic E-state index is 13.4. The first-order valence-corrected chi connectivity index (χ1v) is 7.58. The monoisotopic (exact) mass is 298 g/mol. The Hall–Kier alpha value is -2.36. The molecule has 1 atom stereocenters. The molecule has 0 spiro atoms. The van der Waals surface area contributed by atoms with Gasteiger partial charge in [0.15, 0.2) is 0 Å². The van der Waals surface area contributed by atoms with Crippen molar-refractivity contribution in [3.05, 3.63) is 71.5 Å². The Kier molecular flexibility index (Phi) is 4.37. The molecule has 2 aromatic rings. The number of carbonyl (C=O) groups excluding carboxylic acids is 1. The van der Waals surface area contributed by atoms with E-state index in [1.54, 1.807) is 11.0 Å². The number of nitrogens with zero attached hydrogens (tertiary/aromatic N) is 1. The van der Waals surface area contributed by atoms with Crippen LogP contribution in [0.3, 0.4) is 0 Å². The molecular weight excluding hydrogens is 279 g/mol. The van der Waals surface area contributed by atoms with Gasteiger partial charge in [0.2, 0.25) is 0 Å². The van der Waals surface area contributed by atoms with Gasteiger partial charge in [0, 0.05) is 13.1 Å². The summed E-state index contributed by atoms with van der Waals surface area (Å²) in [6.45, 7) is 1.22. The molecule has 0 radical (unpaired) electrons. The van der Waals surface area contributed by atoms with E-state index in [-0.39, 0.29) is 17.9 Å². The van der Waals surface area contributed by atoms with Gasteiger partial charge in [-0.1, -0.05) is 42.5 Å².